The van der Waals surface area contributed by atoms with E-state index in [0.717, 1.165) is 27.5 Å². The molecule has 2 unspecified atom stereocenters. The second-order valence-corrected chi connectivity index (χ2v) is 5.91. The van der Waals surface area contributed by atoms with E-state index in [-0.39, 0.29) is 0 Å². The molecule has 17 heavy (non-hydrogen) atoms. The van der Waals surface area contributed by atoms with Crippen molar-refractivity contribution in [3.05, 3.63) is 16.2 Å². The molecule has 1 aliphatic carbocycles. The molecular formula is C13H20BrN3. The first-order chi connectivity index (χ1) is 8.08. The standard InChI is InChI=1S/C13H20BrN3/c1-8-4-3-5-10(6-8)17-13-12(14)9(2)11(15)7-16-13/h7-8,10H,3-6,15H2,1-2H3,(H,16,17). The summed E-state index contributed by atoms with van der Waals surface area (Å²) in [5, 5.41) is 3.53. The van der Waals surface area contributed by atoms with E-state index in [1.54, 1.807) is 6.20 Å². The van der Waals surface area contributed by atoms with Gasteiger partial charge in [-0.2, -0.15) is 0 Å². The molecule has 1 fully saturated rings. The highest BCUT2D eigenvalue weighted by Gasteiger charge is 2.20. The van der Waals surface area contributed by atoms with E-state index in [0.29, 0.717) is 6.04 Å². The Hall–Kier alpha value is -0.770. The van der Waals surface area contributed by atoms with E-state index >= 15 is 0 Å². The molecule has 4 heteroatoms. The van der Waals surface area contributed by atoms with Crippen LogP contribution >= 0.6 is 15.9 Å². The Kier molecular flexibility index (Phi) is 3.92. The molecule has 1 heterocycles. The lowest BCUT2D eigenvalue weighted by atomic mass is 9.87. The maximum atomic E-state index is 5.82. The molecule has 1 aliphatic rings. The molecule has 0 saturated heterocycles. The minimum absolute atomic E-state index is 0.547. The van der Waals surface area contributed by atoms with Crippen molar-refractivity contribution in [1.29, 1.82) is 0 Å². The number of anilines is 2. The van der Waals surface area contributed by atoms with E-state index in [1.165, 1.54) is 25.7 Å². The number of nitrogen functional groups attached to an aromatic ring is 1. The summed E-state index contributed by atoms with van der Waals surface area (Å²) in [5.41, 5.74) is 7.62. The first-order valence-electron chi connectivity index (χ1n) is 6.25. The molecule has 0 amide bonds. The summed E-state index contributed by atoms with van der Waals surface area (Å²) in [6, 6.07) is 0.547. The number of pyridine rings is 1. The van der Waals surface area contributed by atoms with E-state index in [1.807, 2.05) is 6.92 Å². The summed E-state index contributed by atoms with van der Waals surface area (Å²) in [6.07, 6.45) is 6.87. The van der Waals surface area contributed by atoms with Crippen LogP contribution in [0.1, 0.15) is 38.2 Å². The second kappa shape index (κ2) is 5.25. The highest BCUT2D eigenvalue weighted by atomic mass is 79.9. The maximum Gasteiger partial charge on any atom is 0.140 e. The summed E-state index contributed by atoms with van der Waals surface area (Å²) in [6.45, 7) is 4.33. The van der Waals surface area contributed by atoms with Crippen molar-refractivity contribution in [2.24, 2.45) is 5.92 Å². The normalized spacial score (nSPS) is 24.6. The van der Waals surface area contributed by atoms with Crippen LogP contribution in [-0.4, -0.2) is 11.0 Å². The van der Waals surface area contributed by atoms with Crippen molar-refractivity contribution < 1.29 is 0 Å². The van der Waals surface area contributed by atoms with Gasteiger partial charge in [0.05, 0.1) is 16.4 Å². The summed E-state index contributed by atoms with van der Waals surface area (Å²) in [7, 11) is 0. The molecule has 0 radical (unpaired) electrons. The van der Waals surface area contributed by atoms with Crippen molar-refractivity contribution in [2.45, 2.75) is 45.6 Å². The first kappa shape index (κ1) is 12.7. The van der Waals surface area contributed by atoms with Crippen molar-refractivity contribution >= 4 is 27.4 Å². The number of rotatable bonds is 2. The molecular weight excluding hydrogens is 278 g/mol. The predicted molar refractivity (Wildman–Crippen MR) is 76.1 cm³/mol. The van der Waals surface area contributed by atoms with Crippen molar-refractivity contribution in [3.8, 4) is 0 Å². The summed E-state index contributed by atoms with van der Waals surface area (Å²) in [4.78, 5) is 4.37. The van der Waals surface area contributed by atoms with Crippen LogP contribution in [0.5, 0.6) is 0 Å². The van der Waals surface area contributed by atoms with E-state index in [2.05, 4.69) is 33.2 Å². The Morgan fingerprint density at radius 1 is 1.47 bits per heavy atom. The van der Waals surface area contributed by atoms with E-state index < -0.39 is 0 Å². The van der Waals surface area contributed by atoms with Gasteiger partial charge in [-0.15, -0.1) is 0 Å². The molecule has 2 atom stereocenters. The Morgan fingerprint density at radius 2 is 2.24 bits per heavy atom. The summed E-state index contributed by atoms with van der Waals surface area (Å²) >= 11 is 3.57. The number of hydrogen-bond donors (Lipinski definition) is 2. The molecule has 2 rings (SSSR count). The van der Waals surface area contributed by atoms with Crippen LogP contribution in [0.3, 0.4) is 0 Å². The van der Waals surface area contributed by atoms with Gasteiger partial charge in [0.1, 0.15) is 5.82 Å². The fraction of sp³-hybridized carbons (Fsp3) is 0.615. The largest absolute Gasteiger partial charge is 0.397 e. The van der Waals surface area contributed by atoms with Gasteiger partial charge in [-0.25, -0.2) is 4.98 Å². The lowest BCUT2D eigenvalue weighted by molar-refractivity contribution is 0.358. The Morgan fingerprint density at radius 3 is 2.94 bits per heavy atom. The molecule has 1 aromatic rings. The van der Waals surface area contributed by atoms with Crippen LogP contribution in [0.25, 0.3) is 0 Å². The number of nitrogens with zero attached hydrogens (tertiary/aromatic N) is 1. The minimum atomic E-state index is 0.547. The van der Waals surface area contributed by atoms with Gasteiger partial charge in [0.2, 0.25) is 0 Å². The Labute approximate surface area is 111 Å². The first-order valence-corrected chi connectivity index (χ1v) is 7.04. The number of hydrogen-bond acceptors (Lipinski definition) is 3. The number of halogens is 1. The van der Waals surface area contributed by atoms with Gasteiger partial charge in [0.25, 0.3) is 0 Å². The van der Waals surface area contributed by atoms with Gasteiger partial charge in [-0.05, 0) is 47.2 Å². The number of nitrogens with two attached hydrogens (primary N) is 1. The third-order valence-corrected chi connectivity index (χ3v) is 4.55. The quantitative estimate of drug-likeness (QED) is 0.874. The zero-order valence-electron chi connectivity index (χ0n) is 10.5. The molecule has 3 N–H and O–H groups in total. The number of nitrogens with one attached hydrogen (secondary N) is 1. The molecule has 0 spiro atoms. The van der Waals surface area contributed by atoms with Gasteiger partial charge in [-0.3, -0.25) is 0 Å². The third-order valence-electron chi connectivity index (χ3n) is 3.58. The van der Waals surface area contributed by atoms with Crippen molar-refractivity contribution in [2.75, 3.05) is 11.1 Å². The zero-order valence-corrected chi connectivity index (χ0v) is 12.0. The van der Waals surface area contributed by atoms with Crippen LogP contribution in [0.2, 0.25) is 0 Å². The topological polar surface area (TPSA) is 50.9 Å². The fourth-order valence-electron chi connectivity index (χ4n) is 2.45. The van der Waals surface area contributed by atoms with Crippen LogP contribution in [0.15, 0.2) is 10.7 Å². The Bertz CT molecular complexity index is 406. The average Bonchev–Trinajstić information content (AvgIpc) is 2.30. The summed E-state index contributed by atoms with van der Waals surface area (Å²) < 4.78 is 0.996. The van der Waals surface area contributed by atoms with Crippen LogP contribution in [0.4, 0.5) is 11.5 Å². The van der Waals surface area contributed by atoms with Gasteiger partial charge < -0.3 is 11.1 Å². The highest BCUT2D eigenvalue weighted by molar-refractivity contribution is 9.10. The van der Waals surface area contributed by atoms with E-state index in [4.69, 9.17) is 5.73 Å². The summed E-state index contributed by atoms with van der Waals surface area (Å²) in [5.74, 6) is 1.74. The fourth-order valence-corrected chi connectivity index (χ4v) is 2.90. The minimum Gasteiger partial charge on any atom is -0.397 e. The van der Waals surface area contributed by atoms with Gasteiger partial charge in [0, 0.05) is 6.04 Å². The molecule has 1 saturated carbocycles. The third kappa shape index (κ3) is 2.92. The van der Waals surface area contributed by atoms with Crippen molar-refractivity contribution in [3.63, 3.8) is 0 Å². The lowest BCUT2D eigenvalue weighted by Crippen LogP contribution is -2.26. The molecule has 0 aromatic carbocycles. The second-order valence-electron chi connectivity index (χ2n) is 5.11. The van der Waals surface area contributed by atoms with Crippen LogP contribution in [-0.2, 0) is 0 Å². The molecule has 0 aliphatic heterocycles. The van der Waals surface area contributed by atoms with Gasteiger partial charge in [0.15, 0.2) is 0 Å². The monoisotopic (exact) mass is 297 g/mol. The van der Waals surface area contributed by atoms with Gasteiger partial charge in [-0.1, -0.05) is 19.8 Å². The number of aromatic nitrogens is 1. The smallest absolute Gasteiger partial charge is 0.140 e. The molecule has 3 nitrogen and oxygen atoms in total. The molecule has 1 aromatic heterocycles. The predicted octanol–water partition coefficient (Wildman–Crippen LogP) is 3.73. The highest BCUT2D eigenvalue weighted by Crippen LogP contribution is 2.31. The molecule has 0 bridgehead atoms. The van der Waals surface area contributed by atoms with Crippen molar-refractivity contribution in [1.82, 2.24) is 4.98 Å². The average molecular weight is 298 g/mol. The SMILES string of the molecule is Cc1c(N)cnc(NC2CCCC(C)C2)c1Br. The van der Waals surface area contributed by atoms with Gasteiger partial charge >= 0.3 is 0 Å². The molecule has 94 valence electrons. The Balaban J connectivity index is 2.10. The maximum absolute atomic E-state index is 5.82. The van der Waals surface area contributed by atoms with E-state index in [9.17, 15) is 0 Å². The van der Waals surface area contributed by atoms with Crippen LogP contribution in [0, 0.1) is 12.8 Å². The lowest BCUT2D eigenvalue weighted by Gasteiger charge is -2.28. The van der Waals surface area contributed by atoms with Crippen LogP contribution < -0.4 is 11.1 Å². The zero-order chi connectivity index (χ0) is 12.4.